The van der Waals surface area contributed by atoms with E-state index in [4.69, 9.17) is 16.0 Å². The van der Waals surface area contributed by atoms with Crippen LogP contribution in [-0.2, 0) is 6.42 Å². The van der Waals surface area contributed by atoms with Gasteiger partial charge in [-0.25, -0.2) is 15.0 Å². The summed E-state index contributed by atoms with van der Waals surface area (Å²) in [6.45, 7) is 0.671. The monoisotopic (exact) mass is 368 g/mol. The van der Waals surface area contributed by atoms with Crippen LogP contribution in [0.15, 0.2) is 53.6 Å². The number of likely N-dealkylation sites (tertiary alicyclic amines) is 1. The molecule has 1 aliphatic rings. The number of carbonyl (C=O) groups excluding carboxylic acids is 1. The molecule has 0 aliphatic carbocycles. The highest BCUT2D eigenvalue weighted by atomic mass is 35.5. The van der Waals surface area contributed by atoms with Gasteiger partial charge in [-0.05, 0) is 30.5 Å². The molecule has 4 rings (SSSR count). The predicted molar refractivity (Wildman–Crippen MR) is 95.8 cm³/mol. The first-order valence-electron chi connectivity index (χ1n) is 8.46. The summed E-state index contributed by atoms with van der Waals surface area (Å²) in [6.07, 6.45) is 8.56. The van der Waals surface area contributed by atoms with E-state index in [0.717, 1.165) is 24.2 Å². The Morgan fingerprint density at radius 1 is 1.27 bits per heavy atom. The average Bonchev–Trinajstić information content (AvgIpc) is 3.31. The molecule has 0 radical (unpaired) electrons. The highest BCUT2D eigenvalue weighted by Crippen LogP contribution is 2.33. The van der Waals surface area contributed by atoms with Crippen molar-refractivity contribution in [3.8, 4) is 0 Å². The molecule has 26 heavy (non-hydrogen) atoms. The largest absolute Gasteiger partial charge is 0.443 e. The van der Waals surface area contributed by atoms with Crippen LogP contribution < -0.4 is 0 Å². The Hall–Kier alpha value is -2.73. The molecule has 132 valence electrons. The highest BCUT2D eigenvalue weighted by Gasteiger charge is 2.34. The van der Waals surface area contributed by atoms with Crippen LogP contribution in [0.2, 0.25) is 5.02 Å². The van der Waals surface area contributed by atoms with Crippen LogP contribution in [0.5, 0.6) is 0 Å². The molecular formula is C19H17ClN4O2. The van der Waals surface area contributed by atoms with E-state index >= 15 is 0 Å². The maximum atomic E-state index is 12.7. The normalized spacial score (nSPS) is 16.8. The van der Waals surface area contributed by atoms with Crippen LogP contribution in [0.25, 0.3) is 0 Å². The SMILES string of the molecule is O=C(c1cncnc1)N1CCC[C@@H]1c1ncc(Cc2cccc(Cl)c2)o1. The van der Waals surface area contributed by atoms with Crippen molar-refractivity contribution in [2.45, 2.75) is 25.3 Å². The van der Waals surface area contributed by atoms with Crippen molar-refractivity contribution in [3.05, 3.63) is 77.0 Å². The van der Waals surface area contributed by atoms with Crippen molar-refractivity contribution in [2.75, 3.05) is 6.54 Å². The van der Waals surface area contributed by atoms with E-state index in [1.807, 2.05) is 24.3 Å². The van der Waals surface area contributed by atoms with Crippen molar-refractivity contribution in [3.63, 3.8) is 0 Å². The standard InChI is InChI=1S/C19H17ClN4O2/c20-15-4-1-3-13(7-15)8-16-11-23-18(26-16)17-5-2-6-24(17)19(25)14-9-21-12-22-10-14/h1,3-4,7,9-12,17H,2,5-6,8H2/t17-/m1/s1. The lowest BCUT2D eigenvalue weighted by atomic mass is 10.1. The number of nitrogens with zero attached hydrogens (tertiary/aromatic N) is 4. The topological polar surface area (TPSA) is 72.1 Å². The van der Waals surface area contributed by atoms with E-state index < -0.39 is 0 Å². The van der Waals surface area contributed by atoms with Crippen LogP contribution in [-0.4, -0.2) is 32.3 Å². The summed E-state index contributed by atoms with van der Waals surface area (Å²) >= 11 is 6.03. The molecule has 1 amide bonds. The summed E-state index contributed by atoms with van der Waals surface area (Å²) in [4.78, 5) is 26.8. The quantitative estimate of drug-likeness (QED) is 0.702. The molecule has 0 bridgehead atoms. The summed E-state index contributed by atoms with van der Waals surface area (Å²) in [5, 5.41) is 0.694. The first kappa shape index (κ1) is 16.7. The molecule has 3 aromatic rings. The van der Waals surface area contributed by atoms with E-state index in [-0.39, 0.29) is 11.9 Å². The minimum Gasteiger partial charge on any atom is -0.443 e. The first-order chi connectivity index (χ1) is 12.7. The van der Waals surface area contributed by atoms with Gasteiger partial charge in [0.1, 0.15) is 18.1 Å². The molecule has 6 nitrogen and oxygen atoms in total. The Labute approximate surface area is 155 Å². The third kappa shape index (κ3) is 3.46. The van der Waals surface area contributed by atoms with Crippen LogP contribution >= 0.6 is 11.6 Å². The molecule has 1 aliphatic heterocycles. The maximum absolute atomic E-state index is 12.7. The molecule has 1 saturated heterocycles. The van der Waals surface area contributed by atoms with Crippen molar-refractivity contribution in [2.24, 2.45) is 0 Å². The number of halogens is 1. The van der Waals surface area contributed by atoms with Gasteiger partial charge < -0.3 is 9.32 Å². The molecule has 0 unspecified atom stereocenters. The lowest BCUT2D eigenvalue weighted by molar-refractivity contribution is 0.0713. The van der Waals surface area contributed by atoms with Crippen molar-refractivity contribution in [1.82, 2.24) is 19.9 Å². The predicted octanol–water partition coefficient (Wildman–Crippen LogP) is 3.69. The van der Waals surface area contributed by atoms with Gasteiger partial charge in [0.2, 0.25) is 5.89 Å². The van der Waals surface area contributed by atoms with Gasteiger partial charge in [0.15, 0.2) is 0 Å². The lowest BCUT2D eigenvalue weighted by Crippen LogP contribution is -2.30. The molecule has 1 fully saturated rings. The zero-order valence-corrected chi connectivity index (χ0v) is 14.8. The van der Waals surface area contributed by atoms with Gasteiger partial charge in [0.25, 0.3) is 5.91 Å². The van der Waals surface area contributed by atoms with E-state index in [2.05, 4.69) is 15.0 Å². The van der Waals surface area contributed by atoms with Crippen molar-refractivity contribution < 1.29 is 9.21 Å². The van der Waals surface area contributed by atoms with Crippen LogP contribution in [0, 0.1) is 0 Å². The van der Waals surface area contributed by atoms with Crippen molar-refractivity contribution >= 4 is 17.5 Å². The van der Waals surface area contributed by atoms with Gasteiger partial charge in [0.05, 0.1) is 11.8 Å². The molecular weight excluding hydrogens is 352 g/mol. The third-order valence-electron chi connectivity index (χ3n) is 4.45. The fourth-order valence-electron chi connectivity index (χ4n) is 3.25. The number of benzene rings is 1. The second kappa shape index (κ2) is 7.25. The second-order valence-electron chi connectivity index (χ2n) is 6.26. The lowest BCUT2D eigenvalue weighted by Gasteiger charge is -2.22. The Bertz CT molecular complexity index is 913. The van der Waals surface area contributed by atoms with E-state index in [1.54, 1.807) is 11.1 Å². The second-order valence-corrected chi connectivity index (χ2v) is 6.69. The van der Waals surface area contributed by atoms with Gasteiger partial charge in [-0.1, -0.05) is 23.7 Å². The van der Waals surface area contributed by atoms with Gasteiger partial charge in [-0.15, -0.1) is 0 Å². The number of aromatic nitrogens is 3. The van der Waals surface area contributed by atoms with E-state index in [0.29, 0.717) is 29.4 Å². The fraction of sp³-hybridized carbons (Fsp3) is 0.263. The summed E-state index contributed by atoms with van der Waals surface area (Å²) in [5.41, 5.74) is 1.53. The van der Waals surface area contributed by atoms with Gasteiger partial charge in [-0.3, -0.25) is 4.79 Å². The number of amides is 1. The first-order valence-corrected chi connectivity index (χ1v) is 8.83. The van der Waals surface area contributed by atoms with Crippen LogP contribution in [0.1, 0.15) is 46.5 Å². The summed E-state index contributed by atoms with van der Waals surface area (Å²) in [7, 11) is 0. The maximum Gasteiger partial charge on any atom is 0.257 e. The molecule has 1 aromatic carbocycles. The van der Waals surface area contributed by atoms with Gasteiger partial charge in [-0.2, -0.15) is 0 Å². The molecule has 0 spiro atoms. The zero-order chi connectivity index (χ0) is 17.9. The summed E-state index contributed by atoms with van der Waals surface area (Å²) in [6, 6.07) is 7.50. The Morgan fingerprint density at radius 3 is 2.92 bits per heavy atom. The number of rotatable bonds is 4. The molecule has 7 heteroatoms. The third-order valence-corrected chi connectivity index (χ3v) is 4.68. The minimum atomic E-state index is -0.157. The molecule has 0 saturated carbocycles. The van der Waals surface area contributed by atoms with Gasteiger partial charge in [0, 0.05) is 30.4 Å². The van der Waals surface area contributed by atoms with Crippen LogP contribution in [0.3, 0.4) is 0 Å². The Balaban J connectivity index is 1.52. The smallest absolute Gasteiger partial charge is 0.257 e. The number of hydrogen-bond acceptors (Lipinski definition) is 5. The van der Waals surface area contributed by atoms with Crippen molar-refractivity contribution in [1.29, 1.82) is 0 Å². The Kier molecular flexibility index (Phi) is 4.67. The zero-order valence-electron chi connectivity index (χ0n) is 14.0. The molecule has 1 atom stereocenters. The highest BCUT2D eigenvalue weighted by molar-refractivity contribution is 6.30. The fourth-order valence-corrected chi connectivity index (χ4v) is 3.46. The van der Waals surface area contributed by atoms with E-state index in [1.165, 1.54) is 18.7 Å². The number of carbonyl (C=O) groups is 1. The minimum absolute atomic E-state index is 0.0947. The van der Waals surface area contributed by atoms with Gasteiger partial charge >= 0.3 is 0 Å². The van der Waals surface area contributed by atoms with E-state index in [9.17, 15) is 4.79 Å². The van der Waals surface area contributed by atoms with Crippen LogP contribution in [0.4, 0.5) is 0 Å². The number of oxazole rings is 1. The average molecular weight is 369 g/mol. The number of hydrogen-bond donors (Lipinski definition) is 0. The Morgan fingerprint density at radius 2 is 2.12 bits per heavy atom. The summed E-state index contributed by atoms with van der Waals surface area (Å²) < 4.78 is 5.95. The summed E-state index contributed by atoms with van der Waals surface area (Å²) in [5.74, 6) is 1.23. The molecule has 2 aromatic heterocycles. The molecule has 0 N–H and O–H groups in total. The molecule has 3 heterocycles.